The largest absolute Gasteiger partial charge is 0.359 e. The van der Waals surface area contributed by atoms with E-state index in [0.717, 1.165) is 19.0 Å². The van der Waals surface area contributed by atoms with Crippen molar-refractivity contribution in [3.05, 3.63) is 0 Å². The minimum absolute atomic E-state index is 0.151. The van der Waals surface area contributed by atoms with Gasteiger partial charge < -0.3 is 15.5 Å². The van der Waals surface area contributed by atoms with E-state index in [0.29, 0.717) is 12.5 Å². The molecule has 2 fully saturated rings. The molecule has 0 aromatic carbocycles. The predicted molar refractivity (Wildman–Crippen MR) is 59.6 cm³/mol. The molecule has 0 radical (unpaired) electrons. The van der Waals surface area contributed by atoms with E-state index in [9.17, 15) is 4.79 Å². The van der Waals surface area contributed by atoms with Crippen molar-refractivity contribution in [1.82, 2.24) is 15.5 Å². The third-order valence-electron chi connectivity index (χ3n) is 3.61. The van der Waals surface area contributed by atoms with Crippen LogP contribution in [0.3, 0.4) is 0 Å². The zero-order valence-corrected chi connectivity index (χ0v) is 9.46. The van der Waals surface area contributed by atoms with Crippen molar-refractivity contribution in [3.8, 4) is 0 Å². The van der Waals surface area contributed by atoms with Crippen molar-refractivity contribution in [2.45, 2.75) is 25.3 Å². The lowest BCUT2D eigenvalue weighted by molar-refractivity contribution is -0.120. The molecule has 2 N–H and O–H groups in total. The van der Waals surface area contributed by atoms with E-state index < -0.39 is 0 Å². The quantitative estimate of drug-likeness (QED) is 0.680. The Labute approximate surface area is 91.4 Å². The number of amides is 1. The molecule has 0 aromatic heterocycles. The number of nitrogens with one attached hydrogen (secondary N) is 2. The monoisotopic (exact) mass is 211 g/mol. The van der Waals surface area contributed by atoms with Crippen LogP contribution in [0.4, 0.5) is 0 Å². The van der Waals surface area contributed by atoms with Crippen LogP contribution in [0.15, 0.2) is 0 Å². The van der Waals surface area contributed by atoms with Crippen molar-refractivity contribution in [2.24, 2.45) is 5.92 Å². The number of likely N-dealkylation sites (tertiary alicyclic amines) is 1. The first-order valence-electron chi connectivity index (χ1n) is 5.96. The Morgan fingerprint density at radius 2 is 2.40 bits per heavy atom. The molecule has 0 bridgehead atoms. The van der Waals surface area contributed by atoms with Gasteiger partial charge in [-0.2, -0.15) is 0 Å². The van der Waals surface area contributed by atoms with Crippen LogP contribution in [-0.4, -0.2) is 50.1 Å². The number of fused-ring (bicyclic) bond motifs is 1. The lowest BCUT2D eigenvalue weighted by Crippen LogP contribution is -2.40. The summed E-state index contributed by atoms with van der Waals surface area (Å²) in [6.07, 6.45) is 3.30. The predicted octanol–water partition coefficient (Wildman–Crippen LogP) is -0.194. The second-order valence-electron chi connectivity index (χ2n) is 4.65. The molecule has 2 aliphatic heterocycles. The highest BCUT2D eigenvalue weighted by Crippen LogP contribution is 2.24. The van der Waals surface area contributed by atoms with Crippen LogP contribution >= 0.6 is 0 Å². The molecule has 2 saturated heterocycles. The Balaban J connectivity index is 1.74. The second-order valence-corrected chi connectivity index (χ2v) is 4.65. The summed E-state index contributed by atoms with van der Waals surface area (Å²) < 4.78 is 0. The van der Waals surface area contributed by atoms with Crippen molar-refractivity contribution >= 4 is 5.91 Å². The molecule has 0 saturated carbocycles. The maximum absolute atomic E-state index is 11.1. The number of rotatable bonds is 3. The molecule has 0 aliphatic carbocycles. The third kappa shape index (κ3) is 2.69. The maximum Gasteiger partial charge on any atom is 0.221 e. The second kappa shape index (κ2) is 4.94. The number of nitrogens with zero attached hydrogens (tertiary/aromatic N) is 1. The molecular formula is C11H21N3O. The van der Waals surface area contributed by atoms with Crippen molar-refractivity contribution in [1.29, 1.82) is 0 Å². The van der Waals surface area contributed by atoms with Gasteiger partial charge in [-0.3, -0.25) is 4.79 Å². The van der Waals surface area contributed by atoms with Crippen LogP contribution < -0.4 is 10.6 Å². The first kappa shape index (κ1) is 10.9. The lowest BCUT2D eigenvalue weighted by atomic mass is 9.94. The van der Waals surface area contributed by atoms with Crippen molar-refractivity contribution in [3.63, 3.8) is 0 Å². The Kier molecular flexibility index (Phi) is 3.59. The Hall–Kier alpha value is -0.610. The molecule has 2 unspecified atom stereocenters. The van der Waals surface area contributed by atoms with Gasteiger partial charge in [0, 0.05) is 39.1 Å². The van der Waals surface area contributed by atoms with Crippen LogP contribution in [0.5, 0.6) is 0 Å². The molecule has 4 nitrogen and oxygen atoms in total. The van der Waals surface area contributed by atoms with Crippen LogP contribution in [0, 0.1) is 5.92 Å². The molecular weight excluding hydrogens is 190 g/mol. The number of hydrogen-bond donors (Lipinski definition) is 2. The summed E-state index contributed by atoms with van der Waals surface area (Å²) in [5, 5.41) is 6.24. The number of hydrogen-bond acceptors (Lipinski definition) is 3. The van der Waals surface area contributed by atoms with Gasteiger partial charge >= 0.3 is 0 Å². The van der Waals surface area contributed by atoms with Crippen LogP contribution in [0.2, 0.25) is 0 Å². The van der Waals surface area contributed by atoms with Gasteiger partial charge in [-0.05, 0) is 25.3 Å². The average Bonchev–Trinajstić information content (AvgIpc) is 2.68. The summed E-state index contributed by atoms with van der Waals surface area (Å²) in [7, 11) is 1.70. The standard InChI is InChI=1S/C11H21N3O/c1-12-11(15)4-6-14-7-9-3-2-5-13-10(9)8-14/h9-10,13H,2-8H2,1H3,(H,12,15). The SMILES string of the molecule is CNC(=O)CCN1CC2CCCNC2C1. The molecule has 2 heterocycles. The van der Waals surface area contributed by atoms with Gasteiger partial charge in [0.2, 0.25) is 5.91 Å². The molecule has 0 aromatic rings. The Bertz CT molecular complexity index is 218. The highest BCUT2D eigenvalue weighted by molar-refractivity contribution is 5.75. The van der Waals surface area contributed by atoms with Gasteiger partial charge in [-0.1, -0.05) is 0 Å². The number of piperidine rings is 1. The molecule has 0 spiro atoms. The molecule has 1 amide bonds. The van der Waals surface area contributed by atoms with Gasteiger partial charge in [-0.15, -0.1) is 0 Å². The first-order valence-corrected chi connectivity index (χ1v) is 5.96. The van der Waals surface area contributed by atoms with Crippen LogP contribution in [0.25, 0.3) is 0 Å². The Morgan fingerprint density at radius 1 is 1.53 bits per heavy atom. The van der Waals surface area contributed by atoms with Gasteiger partial charge in [0.25, 0.3) is 0 Å². The zero-order chi connectivity index (χ0) is 10.7. The van der Waals surface area contributed by atoms with Gasteiger partial charge in [0.1, 0.15) is 0 Å². The zero-order valence-electron chi connectivity index (χ0n) is 9.46. The summed E-state index contributed by atoms with van der Waals surface area (Å²) >= 11 is 0. The third-order valence-corrected chi connectivity index (χ3v) is 3.61. The summed E-state index contributed by atoms with van der Waals surface area (Å²) in [5.74, 6) is 0.973. The van der Waals surface area contributed by atoms with E-state index in [-0.39, 0.29) is 5.91 Å². The summed E-state index contributed by atoms with van der Waals surface area (Å²) in [5.41, 5.74) is 0. The van der Waals surface area contributed by atoms with Gasteiger partial charge in [-0.25, -0.2) is 0 Å². The van der Waals surface area contributed by atoms with Crippen molar-refractivity contribution < 1.29 is 4.79 Å². The summed E-state index contributed by atoms with van der Waals surface area (Å²) in [6, 6.07) is 0.684. The summed E-state index contributed by atoms with van der Waals surface area (Å²) in [4.78, 5) is 13.5. The molecule has 2 aliphatic rings. The fourth-order valence-electron chi connectivity index (χ4n) is 2.70. The minimum Gasteiger partial charge on any atom is -0.359 e. The van der Waals surface area contributed by atoms with Gasteiger partial charge in [0.15, 0.2) is 0 Å². The fraction of sp³-hybridized carbons (Fsp3) is 0.909. The fourth-order valence-corrected chi connectivity index (χ4v) is 2.70. The maximum atomic E-state index is 11.1. The molecule has 2 rings (SSSR count). The van der Waals surface area contributed by atoms with Gasteiger partial charge in [0.05, 0.1) is 0 Å². The van der Waals surface area contributed by atoms with E-state index in [2.05, 4.69) is 15.5 Å². The Morgan fingerprint density at radius 3 is 3.13 bits per heavy atom. The van der Waals surface area contributed by atoms with E-state index >= 15 is 0 Å². The van der Waals surface area contributed by atoms with E-state index in [1.54, 1.807) is 7.05 Å². The molecule has 2 atom stereocenters. The van der Waals surface area contributed by atoms with E-state index in [1.807, 2.05) is 0 Å². The smallest absolute Gasteiger partial charge is 0.221 e. The van der Waals surface area contributed by atoms with E-state index in [1.165, 1.54) is 25.9 Å². The highest BCUT2D eigenvalue weighted by Gasteiger charge is 2.33. The van der Waals surface area contributed by atoms with E-state index in [4.69, 9.17) is 0 Å². The molecule has 4 heteroatoms. The minimum atomic E-state index is 0.151. The normalized spacial score (nSPS) is 31.3. The molecule has 15 heavy (non-hydrogen) atoms. The highest BCUT2D eigenvalue weighted by atomic mass is 16.1. The van der Waals surface area contributed by atoms with Crippen LogP contribution in [0.1, 0.15) is 19.3 Å². The average molecular weight is 211 g/mol. The number of carbonyl (C=O) groups is 1. The van der Waals surface area contributed by atoms with Crippen molar-refractivity contribution in [2.75, 3.05) is 33.2 Å². The lowest BCUT2D eigenvalue weighted by Gasteiger charge is -2.24. The summed E-state index contributed by atoms with van der Waals surface area (Å²) in [6.45, 7) is 4.38. The number of carbonyl (C=O) groups excluding carboxylic acids is 1. The topological polar surface area (TPSA) is 44.4 Å². The molecule has 86 valence electrons. The van der Waals surface area contributed by atoms with Crippen LogP contribution in [-0.2, 0) is 4.79 Å². The first-order chi connectivity index (χ1) is 7.29.